The van der Waals surface area contributed by atoms with Crippen molar-refractivity contribution in [3.63, 3.8) is 0 Å². The maximum absolute atomic E-state index is 5.37. The molecule has 0 saturated heterocycles. The van der Waals surface area contributed by atoms with Gasteiger partial charge in [0.25, 0.3) is 5.89 Å². The van der Waals surface area contributed by atoms with Crippen LogP contribution in [-0.4, -0.2) is 27.2 Å². The zero-order chi connectivity index (χ0) is 15.6. The first-order valence-corrected chi connectivity index (χ1v) is 7.04. The molecule has 3 aromatic heterocycles. The van der Waals surface area contributed by atoms with Crippen LogP contribution >= 0.6 is 0 Å². The molecule has 0 N–H and O–H groups in total. The minimum Gasteiger partial charge on any atom is -0.481 e. The van der Waals surface area contributed by atoms with Crippen molar-refractivity contribution in [1.82, 2.24) is 20.1 Å². The number of pyridine rings is 2. The predicted octanol–water partition coefficient (Wildman–Crippen LogP) is 3.36. The van der Waals surface area contributed by atoms with E-state index in [1.807, 2.05) is 48.5 Å². The van der Waals surface area contributed by atoms with Gasteiger partial charge in [0, 0.05) is 11.6 Å². The summed E-state index contributed by atoms with van der Waals surface area (Å²) < 4.78 is 10.7. The van der Waals surface area contributed by atoms with Crippen molar-refractivity contribution in [2.75, 3.05) is 7.11 Å². The van der Waals surface area contributed by atoms with E-state index in [4.69, 9.17) is 9.26 Å². The van der Waals surface area contributed by atoms with Crippen LogP contribution in [0.4, 0.5) is 0 Å². The topological polar surface area (TPSA) is 73.9 Å². The Balaban J connectivity index is 1.82. The van der Waals surface area contributed by atoms with Crippen molar-refractivity contribution in [3.05, 3.63) is 54.7 Å². The van der Waals surface area contributed by atoms with Crippen molar-refractivity contribution in [2.45, 2.75) is 0 Å². The second kappa shape index (κ2) is 5.49. The standard InChI is InChI=1S/C17H12N4O2/c1-22-16-12-7-3-2-6-11(12)10-14(19-16)17-20-15(21-23-17)13-8-4-5-9-18-13/h2-10H,1H3. The third-order valence-electron chi connectivity index (χ3n) is 3.44. The van der Waals surface area contributed by atoms with E-state index in [0.717, 1.165) is 10.8 Å². The Hall–Kier alpha value is -3.28. The average molecular weight is 304 g/mol. The molecule has 0 radical (unpaired) electrons. The van der Waals surface area contributed by atoms with E-state index in [-0.39, 0.29) is 0 Å². The van der Waals surface area contributed by atoms with Gasteiger partial charge >= 0.3 is 0 Å². The summed E-state index contributed by atoms with van der Waals surface area (Å²) >= 11 is 0. The molecular formula is C17H12N4O2. The largest absolute Gasteiger partial charge is 0.481 e. The average Bonchev–Trinajstić information content (AvgIpc) is 3.11. The van der Waals surface area contributed by atoms with Gasteiger partial charge in [-0.1, -0.05) is 29.4 Å². The number of fused-ring (bicyclic) bond motifs is 1. The van der Waals surface area contributed by atoms with Crippen molar-refractivity contribution in [1.29, 1.82) is 0 Å². The molecule has 6 heteroatoms. The van der Waals surface area contributed by atoms with Gasteiger partial charge in [-0.05, 0) is 29.7 Å². The third-order valence-corrected chi connectivity index (χ3v) is 3.44. The van der Waals surface area contributed by atoms with Gasteiger partial charge < -0.3 is 9.26 Å². The quantitative estimate of drug-likeness (QED) is 0.578. The Morgan fingerprint density at radius 3 is 2.65 bits per heavy atom. The summed E-state index contributed by atoms with van der Waals surface area (Å²) in [6.45, 7) is 0. The Morgan fingerprint density at radius 2 is 1.83 bits per heavy atom. The van der Waals surface area contributed by atoms with Gasteiger partial charge in [0.2, 0.25) is 11.7 Å². The number of aromatic nitrogens is 4. The summed E-state index contributed by atoms with van der Waals surface area (Å²) in [6.07, 6.45) is 1.68. The molecule has 0 spiro atoms. The first kappa shape index (κ1) is 13.4. The van der Waals surface area contributed by atoms with Crippen molar-refractivity contribution >= 4 is 10.8 Å². The van der Waals surface area contributed by atoms with Crippen molar-refractivity contribution < 1.29 is 9.26 Å². The minimum absolute atomic E-state index is 0.328. The molecule has 112 valence electrons. The molecule has 0 aliphatic heterocycles. The summed E-state index contributed by atoms with van der Waals surface area (Å²) in [7, 11) is 1.59. The summed E-state index contributed by atoms with van der Waals surface area (Å²) in [5.41, 5.74) is 1.21. The summed E-state index contributed by atoms with van der Waals surface area (Å²) in [4.78, 5) is 13.0. The summed E-state index contributed by atoms with van der Waals surface area (Å²) in [5, 5.41) is 5.90. The van der Waals surface area contributed by atoms with Crippen LogP contribution in [0.15, 0.2) is 59.3 Å². The molecule has 0 aliphatic carbocycles. The highest BCUT2D eigenvalue weighted by molar-refractivity contribution is 5.89. The van der Waals surface area contributed by atoms with Crippen LogP contribution in [-0.2, 0) is 0 Å². The molecule has 0 saturated carbocycles. The Kier molecular flexibility index (Phi) is 3.20. The van der Waals surface area contributed by atoms with Crippen LogP contribution in [0.5, 0.6) is 5.88 Å². The first-order valence-electron chi connectivity index (χ1n) is 7.04. The fourth-order valence-corrected chi connectivity index (χ4v) is 2.36. The lowest BCUT2D eigenvalue weighted by atomic mass is 10.1. The number of rotatable bonds is 3. The Bertz CT molecular complexity index is 967. The van der Waals surface area contributed by atoms with Gasteiger partial charge in [0.15, 0.2) is 0 Å². The van der Waals surface area contributed by atoms with Crippen LogP contribution in [0.25, 0.3) is 33.9 Å². The minimum atomic E-state index is 0.328. The molecule has 3 heterocycles. The fourth-order valence-electron chi connectivity index (χ4n) is 2.36. The van der Waals surface area contributed by atoms with Crippen molar-refractivity contribution in [2.24, 2.45) is 0 Å². The third kappa shape index (κ3) is 2.40. The highest BCUT2D eigenvalue weighted by atomic mass is 16.5. The van der Waals surface area contributed by atoms with E-state index in [0.29, 0.717) is 29.0 Å². The molecule has 0 aliphatic rings. The summed E-state index contributed by atoms with van der Waals surface area (Å²) in [6, 6.07) is 15.3. The normalized spacial score (nSPS) is 10.8. The fraction of sp³-hybridized carbons (Fsp3) is 0.0588. The van der Waals surface area contributed by atoms with Crippen LogP contribution < -0.4 is 4.74 Å². The molecule has 0 unspecified atom stereocenters. The molecule has 4 aromatic rings. The molecule has 1 aromatic carbocycles. The molecule has 4 rings (SSSR count). The van der Waals surface area contributed by atoms with Gasteiger partial charge in [-0.3, -0.25) is 4.98 Å². The van der Waals surface area contributed by atoms with Gasteiger partial charge in [-0.15, -0.1) is 0 Å². The van der Waals surface area contributed by atoms with Gasteiger partial charge in [-0.2, -0.15) is 4.98 Å². The van der Waals surface area contributed by atoms with Gasteiger partial charge in [-0.25, -0.2) is 4.98 Å². The highest BCUT2D eigenvalue weighted by Gasteiger charge is 2.15. The number of methoxy groups -OCH3 is 1. The Labute approximate surface area is 131 Å². The molecule has 0 atom stereocenters. The summed E-state index contributed by atoms with van der Waals surface area (Å²) in [5.74, 6) is 1.28. The Morgan fingerprint density at radius 1 is 0.957 bits per heavy atom. The molecule has 0 amide bonds. The van der Waals surface area contributed by atoms with Gasteiger partial charge in [0.05, 0.1) is 7.11 Å². The molecule has 0 fully saturated rings. The monoisotopic (exact) mass is 304 g/mol. The van der Waals surface area contributed by atoms with Gasteiger partial charge in [0.1, 0.15) is 11.4 Å². The van der Waals surface area contributed by atoms with E-state index >= 15 is 0 Å². The van der Waals surface area contributed by atoms with E-state index in [1.54, 1.807) is 13.3 Å². The lowest BCUT2D eigenvalue weighted by Crippen LogP contribution is -1.92. The number of hydrogen-bond acceptors (Lipinski definition) is 6. The van der Waals surface area contributed by atoms with Crippen molar-refractivity contribution in [3.8, 4) is 29.0 Å². The maximum Gasteiger partial charge on any atom is 0.277 e. The van der Waals surface area contributed by atoms with Crippen LogP contribution in [0.3, 0.4) is 0 Å². The molecule has 6 nitrogen and oxygen atoms in total. The van der Waals surface area contributed by atoms with E-state index in [2.05, 4.69) is 20.1 Å². The zero-order valence-corrected chi connectivity index (χ0v) is 12.3. The second-order valence-corrected chi connectivity index (χ2v) is 4.88. The lowest BCUT2D eigenvalue weighted by Gasteiger charge is -2.05. The molecule has 23 heavy (non-hydrogen) atoms. The highest BCUT2D eigenvalue weighted by Crippen LogP contribution is 2.29. The SMILES string of the molecule is COc1nc(-c2nc(-c3ccccn3)no2)cc2ccccc12. The lowest BCUT2D eigenvalue weighted by molar-refractivity contribution is 0.401. The molecular weight excluding hydrogens is 292 g/mol. The first-order chi connectivity index (χ1) is 11.3. The van der Waals surface area contributed by atoms with E-state index < -0.39 is 0 Å². The van der Waals surface area contributed by atoms with E-state index in [9.17, 15) is 0 Å². The maximum atomic E-state index is 5.37. The predicted molar refractivity (Wildman–Crippen MR) is 84.8 cm³/mol. The number of hydrogen-bond donors (Lipinski definition) is 0. The smallest absolute Gasteiger partial charge is 0.277 e. The number of nitrogens with zero attached hydrogens (tertiary/aromatic N) is 4. The molecule has 0 bridgehead atoms. The zero-order valence-electron chi connectivity index (χ0n) is 12.3. The van der Waals surface area contributed by atoms with E-state index in [1.165, 1.54) is 0 Å². The van der Waals surface area contributed by atoms with Crippen LogP contribution in [0.1, 0.15) is 0 Å². The number of ether oxygens (including phenoxy) is 1. The van der Waals surface area contributed by atoms with Crippen LogP contribution in [0.2, 0.25) is 0 Å². The van der Waals surface area contributed by atoms with Crippen LogP contribution in [0, 0.1) is 0 Å². The second-order valence-electron chi connectivity index (χ2n) is 4.88. The number of benzene rings is 1.